The normalized spacial score (nSPS) is 18.9. The SMILES string of the molecule is O=C1CCC(c2ccccc2F)c2sccc2N1. The van der Waals surface area contributed by atoms with Crippen molar-refractivity contribution in [2.45, 2.75) is 18.8 Å². The van der Waals surface area contributed by atoms with Gasteiger partial charge < -0.3 is 5.32 Å². The highest BCUT2D eigenvalue weighted by Gasteiger charge is 2.26. The van der Waals surface area contributed by atoms with Crippen molar-refractivity contribution in [1.82, 2.24) is 0 Å². The smallest absolute Gasteiger partial charge is 0.224 e. The highest BCUT2D eigenvalue weighted by Crippen LogP contribution is 2.40. The molecule has 0 saturated heterocycles. The summed E-state index contributed by atoms with van der Waals surface area (Å²) >= 11 is 1.57. The summed E-state index contributed by atoms with van der Waals surface area (Å²) in [5.74, 6) is -0.218. The first kappa shape index (κ1) is 11.4. The number of halogens is 1. The minimum absolute atomic E-state index is 0.00786. The lowest BCUT2D eigenvalue weighted by molar-refractivity contribution is -0.116. The maximum Gasteiger partial charge on any atom is 0.224 e. The van der Waals surface area contributed by atoms with Gasteiger partial charge in [0.1, 0.15) is 5.82 Å². The number of benzene rings is 1. The monoisotopic (exact) mass is 261 g/mol. The molecule has 1 unspecified atom stereocenters. The first-order chi connectivity index (χ1) is 8.75. The van der Waals surface area contributed by atoms with Crippen molar-refractivity contribution < 1.29 is 9.18 Å². The number of hydrogen-bond donors (Lipinski definition) is 1. The van der Waals surface area contributed by atoms with Gasteiger partial charge in [-0.2, -0.15) is 0 Å². The fourth-order valence-electron chi connectivity index (χ4n) is 2.37. The zero-order valence-corrected chi connectivity index (χ0v) is 10.5. The Kier molecular flexibility index (Phi) is 2.88. The molecule has 0 saturated carbocycles. The molecule has 0 radical (unpaired) electrons. The molecular formula is C14H12FNOS. The van der Waals surface area contributed by atoms with Crippen LogP contribution in [0.1, 0.15) is 29.2 Å². The van der Waals surface area contributed by atoms with Crippen molar-refractivity contribution in [3.05, 3.63) is 52.0 Å². The van der Waals surface area contributed by atoms with Crippen LogP contribution in [0.3, 0.4) is 0 Å². The Bertz CT molecular complexity index is 593. The Balaban J connectivity index is 2.08. The Hall–Kier alpha value is -1.68. The van der Waals surface area contributed by atoms with Gasteiger partial charge in [-0.3, -0.25) is 4.79 Å². The molecule has 3 rings (SSSR count). The average molecular weight is 261 g/mol. The number of hydrogen-bond acceptors (Lipinski definition) is 2. The molecule has 1 N–H and O–H groups in total. The highest BCUT2D eigenvalue weighted by atomic mass is 32.1. The third-order valence-corrected chi connectivity index (χ3v) is 4.26. The summed E-state index contributed by atoms with van der Waals surface area (Å²) in [4.78, 5) is 12.7. The minimum atomic E-state index is -0.198. The van der Waals surface area contributed by atoms with Gasteiger partial charge in [-0.15, -0.1) is 11.3 Å². The van der Waals surface area contributed by atoms with E-state index in [9.17, 15) is 9.18 Å². The lowest BCUT2D eigenvalue weighted by Gasteiger charge is -2.15. The van der Waals surface area contributed by atoms with Gasteiger partial charge in [-0.05, 0) is 29.5 Å². The van der Waals surface area contributed by atoms with Gasteiger partial charge in [0.2, 0.25) is 5.91 Å². The third kappa shape index (κ3) is 1.93. The molecule has 1 aromatic heterocycles. The zero-order chi connectivity index (χ0) is 12.5. The number of carbonyl (C=O) groups is 1. The van der Waals surface area contributed by atoms with Crippen molar-refractivity contribution in [2.75, 3.05) is 5.32 Å². The Morgan fingerprint density at radius 1 is 1.28 bits per heavy atom. The predicted octanol–water partition coefficient (Wildman–Crippen LogP) is 3.75. The Labute approximate surface area is 108 Å². The number of carbonyl (C=O) groups excluding carboxylic acids is 1. The number of rotatable bonds is 1. The van der Waals surface area contributed by atoms with Crippen molar-refractivity contribution in [3.63, 3.8) is 0 Å². The van der Waals surface area contributed by atoms with Gasteiger partial charge >= 0.3 is 0 Å². The third-order valence-electron chi connectivity index (χ3n) is 3.23. The number of fused-ring (bicyclic) bond motifs is 1. The molecule has 0 fully saturated rings. The van der Waals surface area contributed by atoms with Crippen LogP contribution in [0, 0.1) is 5.82 Å². The van der Waals surface area contributed by atoms with E-state index >= 15 is 0 Å². The van der Waals surface area contributed by atoms with Crippen molar-refractivity contribution in [3.8, 4) is 0 Å². The van der Waals surface area contributed by atoms with E-state index in [4.69, 9.17) is 0 Å². The zero-order valence-electron chi connectivity index (χ0n) is 9.65. The summed E-state index contributed by atoms with van der Waals surface area (Å²) in [5, 5.41) is 4.81. The first-order valence-electron chi connectivity index (χ1n) is 5.87. The van der Waals surface area contributed by atoms with E-state index < -0.39 is 0 Å². The van der Waals surface area contributed by atoms with Crippen LogP contribution in [-0.2, 0) is 4.79 Å². The van der Waals surface area contributed by atoms with Gasteiger partial charge in [-0.25, -0.2) is 4.39 Å². The molecule has 4 heteroatoms. The van der Waals surface area contributed by atoms with Gasteiger partial charge in [-0.1, -0.05) is 18.2 Å². The standard InChI is InChI=1S/C14H12FNOS/c15-11-4-2-1-3-9(11)10-5-6-13(17)16-12-7-8-18-14(10)12/h1-4,7-8,10H,5-6H2,(H,16,17). The second-order valence-corrected chi connectivity index (χ2v) is 5.31. The molecule has 0 bridgehead atoms. The molecule has 1 amide bonds. The fourth-order valence-corrected chi connectivity index (χ4v) is 3.37. The van der Waals surface area contributed by atoms with Crippen LogP contribution in [0.25, 0.3) is 0 Å². The van der Waals surface area contributed by atoms with E-state index in [1.165, 1.54) is 6.07 Å². The van der Waals surface area contributed by atoms with Crippen LogP contribution < -0.4 is 5.32 Å². The summed E-state index contributed by atoms with van der Waals surface area (Å²) in [6, 6.07) is 8.69. The summed E-state index contributed by atoms with van der Waals surface area (Å²) in [6.07, 6.45) is 1.08. The lowest BCUT2D eigenvalue weighted by atomic mass is 9.92. The predicted molar refractivity (Wildman–Crippen MR) is 70.4 cm³/mol. The average Bonchev–Trinajstić information content (AvgIpc) is 2.74. The van der Waals surface area contributed by atoms with Crippen LogP contribution in [-0.4, -0.2) is 5.91 Å². The number of amides is 1. The quantitative estimate of drug-likeness (QED) is 0.832. The fraction of sp³-hybridized carbons (Fsp3) is 0.214. The molecule has 2 nitrogen and oxygen atoms in total. The molecular weight excluding hydrogens is 249 g/mol. The number of anilines is 1. The summed E-state index contributed by atoms with van der Waals surface area (Å²) in [5.41, 5.74) is 1.51. The van der Waals surface area contributed by atoms with E-state index in [1.54, 1.807) is 23.5 Å². The molecule has 2 aromatic rings. The van der Waals surface area contributed by atoms with Gasteiger partial charge in [0.05, 0.1) is 5.69 Å². The Morgan fingerprint density at radius 3 is 2.94 bits per heavy atom. The molecule has 1 aliphatic rings. The maximum absolute atomic E-state index is 13.9. The van der Waals surface area contributed by atoms with Crippen LogP contribution in [0.15, 0.2) is 35.7 Å². The molecule has 18 heavy (non-hydrogen) atoms. The molecule has 92 valence electrons. The first-order valence-corrected chi connectivity index (χ1v) is 6.75. The van der Waals surface area contributed by atoms with E-state index in [2.05, 4.69) is 5.32 Å². The molecule has 1 aliphatic heterocycles. The second kappa shape index (κ2) is 4.53. The summed E-state index contributed by atoms with van der Waals surface area (Å²) in [7, 11) is 0. The summed E-state index contributed by atoms with van der Waals surface area (Å²) in [6.45, 7) is 0. The van der Waals surface area contributed by atoms with Gasteiger partial charge in [0, 0.05) is 17.2 Å². The van der Waals surface area contributed by atoms with Crippen LogP contribution in [0.5, 0.6) is 0 Å². The number of thiophene rings is 1. The maximum atomic E-state index is 13.9. The van der Waals surface area contributed by atoms with Crippen LogP contribution in [0.2, 0.25) is 0 Å². The number of nitrogens with one attached hydrogen (secondary N) is 1. The second-order valence-electron chi connectivity index (χ2n) is 4.36. The van der Waals surface area contributed by atoms with E-state index in [0.717, 1.165) is 10.6 Å². The largest absolute Gasteiger partial charge is 0.325 e. The molecule has 1 aromatic carbocycles. The highest BCUT2D eigenvalue weighted by molar-refractivity contribution is 7.10. The Morgan fingerprint density at radius 2 is 2.11 bits per heavy atom. The van der Waals surface area contributed by atoms with E-state index in [0.29, 0.717) is 18.4 Å². The van der Waals surface area contributed by atoms with E-state index in [-0.39, 0.29) is 17.6 Å². The topological polar surface area (TPSA) is 29.1 Å². The van der Waals surface area contributed by atoms with Gasteiger partial charge in [0.25, 0.3) is 0 Å². The van der Waals surface area contributed by atoms with Crippen LogP contribution in [0.4, 0.5) is 10.1 Å². The van der Waals surface area contributed by atoms with Crippen molar-refractivity contribution in [2.24, 2.45) is 0 Å². The van der Waals surface area contributed by atoms with Crippen molar-refractivity contribution >= 4 is 22.9 Å². The summed E-state index contributed by atoms with van der Waals surface area (Å²) < 4.78 is 13.9. The lowest BCUT2D eigenvalue weighted by Crippen LogP contribution is -2.08. The molecule has 0 spiro atoms. The molecule has 2 heterocycles. The van der Waals surface area contributed by atoms with Crippen LogP contribution >= 0.6 is 11.3 Å². The van der Waals surface area contributed by atoms with E-state index in [1.807, 2.05) is 17.5 Å². The molecule has 1 atom stereocenters. The minimum Gasteiger partial charge on any atom is -0.325 e. The van der Waals surface area contributed by atoms with Gasteiger partial charge in [0.15, 0.2) is 0 Å². The van der Waals surface area contributed by atoms with Crippen molar-refractivity contribution in [1.29, 1.82) is 0 Å². The molecule has 0 aliphatic carbocycles.